The lowest BCUT2D eigenvalue weighted by molar-refractivity contribution is 0.506. The van der Waals surface area contributed by atoms with Gasteiger partial charge in [0, 0.05) is 24.4 Å². The van der Waals surface area contributed by atoms with Crippen LogP contribution >= 0.6 is 11.8 Å². The third-order valence-electron chi connectivity index (χ3n) is 2.43. The molecule has 0 aliphatic carbocycles. The molecule has 0 atom stereocenters. The maximum Gasteiger partial charge on any atom is 0.159 e. The van der Waals surface area contributed by atoms with E-state index in [4.69, 9.17) is 0 Å². The molecule has 0 saturated heterocycles. The van der Waals surface area contributed by atoms with E-state index < -0.39 is 11.6 Å². The van der Waals surface area contributed by atoms with Crippen molar-refractivity contribution in [2.75, 3.05) is 12.4 Å². The summed E-state index contributed by atoms with van der Waals surface area (Å²) in [5.74, 6) is -0.297. The topological polar surface area (TPSA) is 37.8 Å². The SMILES string of the molecule is CCc1nc(NC)cc(Sc2ccc(F)c(F)c2)n1. The third-order valence-corrected chi connectivity index (χ3v) is 3.34. The van der Waals surface area contributed by atoms with Crippen LogP contribution in [-0.2, 0) is 6.42 Å². The van der Waals surface area contributed by atoms with Gasteiger partial charge in [-0.05, 0) is 18.2 Å². The fraction of sp³-hybridized carbons (Fsp3) is 0.231. The summed E-state index contributed by atoms with van der Waals surface area (Å²) >= 11 is 1.27. The van der Waals surface area contributed by atoms with Gasteiger partial charge in [-0.2, -0.15) is 0 Å². The number of nitrogens with one attached hydrogen (secondary N) is 1. The first-order chi connectivity index (χ1) is 9.12. The van der Waals surface area contributed by atoms with Crippen molar-refractivity contribution in [3.63, 3.8) is 0 Å². The summed E-state index contributed by atoms with van der Waals surface area (Å²) in [7, 11) is 1.77. The lowest BCUT2D eigenvalue weighted by atomic mass is 10.3. The highest BCUT2D eigenvalue weighted by Gasteiger charge is 2.07. The molecule has 1 aromatic heterocycles. The lowest BCUT2D eigenvalue weighted by Gasteiger charge is -2.06. The highest BCUT2D eigenvalue weighted by atomic mass is 32.2. The fourth-order valence-corrected chi connectivity index (χ4v) is 2.33. The summed E-state index contributed by atoms with van der Waals surface area (Å²) in [6.45, 7) is 1.96. The number of rotatable bonds is 4. The molecule has 2 aromatic rings. The summed E-state index contributed by atoms with van der Waals surface area (Å²) in [5, 5.41) is 3.65. The van der Waals surface area contributed by atoms with Crippen LogP contribution in [0.2, 0.25) is 0 Å². The molecule has 1 heterocycles. The molecule has 3 nitrogen and oxygen atoms in total. The van der Waals surface area contributed by atoms with E-state index in [0.717, 1.165) is 12.1 Å². The molecule has 0 unspecified atom stereocenters. The van der Waals surface area contributed by atoms with Gasteiger partial charge in [0.15, 0.2) is 11.6 Å². The molecule has 0 fully saturated rings. The van der Waals surface area contributed by atoms with Gasteiger partial charge in [-0.1, -0.05) is 18.7 Å². The second-order valence-corrected chi connectivity index (χ2v) is 4.88. The van der Waals surface area contributed by atoms with Crippen LogP contribution in [-0.4, -0.2) is 17.0 Å². The van der Waals surface area contributed by atoms with E-state index in [-0.39, 0.29) is 0 Å². The second kappa shape index (κ2) is 5.97. The van der Waals surface area contributed by atoms with E-state index >= 15 is 0 Å². The normalized spacial score (nSPS) is 10.5. The number of aromatic nitrogens is 2. The van der Waals surface area contributed by atoms with Crippen molar-refractivity contribution in [3.8, 4) is 0 Å². The molecule has 1 N–H and O–H groups in total. The predicted molar refractivity (Wildman–Crippen MR) is 71.4 cm³/mol. The summed E-state index contributed by atoms with van der Waals surface area (Å²) in [5.41, 5.74) is 0. The molecule has 6 heteroatoms. The number of anilines is 1. The van der Waals surface area contributed by atoms with E-state index in [9.17, 15) is 8.78 Å². The maximum atomic E-state index is 13.1. The zero-order chi connectivity index (χ0) is 13.8. The van der Waals surface area contributed by atoms with Crippen LogP contribution in [0.4, 0.5) is 14.6 Å². The molecule has 0 aliphatic rings. The third kappa shape index (κ3) is 3.41. The van der Waals surface area contributed by atoms with Gasteiger partial charge < -0.3 is 5.32 Å². The fourth-order valence-electron chi connectivity index (χ4n) is 1.47. The molecular weight excluding hydrogens is 268 g/mol. The van der Waals surface area contributed by atoms with Crippen LogP contribution in [0.1, 0.15) is 12.7 Å². The summed E-state index contributed by atoms with van der Waals surface area (Å²) in [6.07, 6.45) is 0.709. The Morgan fingerprint density at radius 2 is 1.95 bits per heavy atom. The predicted octanol–water partition coefficient (Wildman–Crippen LogP) is 3.51. The second-order valence-electron chi connectivity index (χ2n) is 3.79. The monoisotopic (exact) mass is 281 g/mol. The molecule has 0 saturated carbocycles. The molecule has 0 bridgehead atoms. The number of hydrogen-bond donors (Lipinski definition) is 1. The van der Waals surface area contributed by atoms with Crippen molar-refractivity contribution in [1.82, 2.24) is 9.97 Å². The Labute approximate surface area is 114 Å². The molecule has 0 spiro atoms. The van der Waals surface area contributed by atoms with Gasteiger partial charge in [-0.15, -0.1) is 0 Å². The Kier molecular flexibility index (Phi) is 4.31. The first-order valence-corrected chi connectivity index (χ1v) is 6.62. The quantitative estimate of drug-likeness (QED) is 0.870. The van der Waals surface area contributed by atoms with Crippen LogP contribution < -0.4 is 5.32 Å². The highest BCUT2D eigenvalue weighted by molar-refractivity contribution is 7.99. The van der Waals surface area contributed by atoms with Gasteiger partial charge >= 0.3 is 0 Å². The van der Waals surface area contributed by atoms with Crippen LogP contribution in [0.25, 0.3) is 0 Å². The summed E-state index contributed by atoms with van der Waals surface area (Å²) in [4.78, 5) is 9.22. The van der Waals surface area contributed by atoms with Gasteiger partial charge in [-0.25, -0.2) is 18.7 Å². The first-order valence-electron chi connectivity index (χ1n) is 5.81. The molecule has 0 aliphatic heterocycles. The van der Waals surface area contributed by atoms with Crippen molar-refractivity contribution in [2.45, 2.75) is 23.3 Å². The van der Waals surface area contributed by atoms with Crippen molar-refractivity contribution >= 4 is 17.6 Å². The highest BCUT2D eigenvalue weighted by Crippen LogP contribution is 2.28. The van der Waals surface area contributed by atoms with Gasteiger partial charge in [0.05, 0.1) is 0 Å². The minimum absolute atomic E-state index is 0.599. The number of halogens is 2. The van der Waals surface area contributed by atoms with Crippen LogP contribution in [0, 0.1) is 11.6 Å². The Hall–Kier alpha value is -1.69. The molecule has 0 radical (unpaired) electrons. The van der Waals surface area contributed by atoms with Gasteiger partial charge in [0.25, 0.3) is 0 Å². The first kappa shape index (κ1) is 13.7. The molecule has 19 heavy (non-hydrogen) atoms. The smallest absolute Gasteiger partial charge is 0.159 e. The zero-order valence-electron chi connectivity index (χ0n) is 10.6. The molecule has 0 amide bonds. The average Bonchev–Trinajstić information content (AvgIpc) is 2.42. The van der Waals surface area contributed by atoms with Gasteiger partial charge in [0.1, 0.15) is 16.7 Å². The van der Waals surface area contributed by atoms with Crippen molar-refractivity contribution in [1.29, 1.82) is 0 Å². The van der Waals surface area contributed by atoms with Crippen LogP contribution in [0.15, 0.2) is 34.2 Å². The molecular formula is C13H13F2N3S. The summed E-state index contributed by atoms with van der Waals surface area (Å²) < 4.78 is 26.0. The Balaban J connectivity index is 2.29. The Morgan fingerprint density at radius 1 is 1.16 bits per heavy atom. The minimum Gasteiger partial charge on any atom is -0.373 e. The molecule has 100 valence electrons. The van der Waals surface area contributed by atoms with E-state index in [1.807, 2.05) is 6.92 Å². The Bertz CT molecular complexity index is 568. The number of hydrogen-bond acceptors (Lipinski definition) is 4. The summed E-state index contributed by atoms with van der Waals surface area (Å²) in [6, 6.07) is 5.56. The van der Waals surface area contributed by atoms with Crippen molar-refractivity contribution in [2.24, 2.45) is 0 Å². The number of benzene rings is 1. The minimum atomic E-state index is -0.858. The maximum absolute atomic E-state index is 13.1. The molecule has 2 rings (SSSR count). The van der Waals surface area contributed by atoms with E-state index in [1.165, 1.54) is 17.8 Å². The van der Waals surface area contributed by atoms with Gasteiger partial charge in [-0.3, -0.25) is 0 Å². The Morgan fingerprint density at radius 3 is 2.58 bits per heavy atom. The van der Waals surface area contributed by atoms with E-state index in [0.29, 0.717) is 28.0 Å². The number of aryl methyl sites for hydroxylation is 1. The zero-order valence-corrected chi connectivity index (χ0v) is 11.4. The number of nitrogens with zero attached hydrogens (tertiary/aromatic N) is 2. The lowest BCUT2D eigenvalue weighted by Crippen LogP contribution is -2.00. The average molecular weight is 281 g/mol. The van der Waals surface area contributed by atoms with Crippen molar-refractivity contribution in [3.05, 3.63) is 41.7 Å². The largest absolute Gasteiger partial charge is 0.373 e. The van der Waals surface area contributed by atoms with Gasteiger partial charge in [0.2, 0.25) is 0 Å². The van der Waals surface area contributed by atoms with E-state index in [2.05, 4.69) is 15.3 Å². The standard InChI is InChI=1S/C13H13F2N3S/c1-3-11-17-12(16-2)7-13(18-11)19-8-4-5-9(14)10(15)6-8/h4-7H,3H2,1-2H3,(H,16,17,18). The van der Waals surface area contributed by atoms with Crippen LogP contribution in [0.3, 0.4) is 0 Å². The van der Waals surface area contributed by atoms with Crippen molar-refractivity contribution < 1.29 is 8.78 Å². The molecule has 1 aromatic carbocycles. The van der Waals surface area contributed by atoms with E-state index in [1.54, 1.807) is 13.1 Å². The van der Waals surface area contributed by atoms with Crippen LogP contribution in [0.5, 0.6) is 0 Å².